The highest BCUT2D eigenvalue weighted by atomic mass is 16.4. The van der Waals surface area contributed by atoms with Gasteiger partial charge in [0.2, 0.25) is 0 Å². The number of urea groups is 1. The van der Waals surface area contributed by atoms with Crippen LogP contribution in [0.15, 0.2) is 18.2 Å². The Bertz CT molecular complexity index is 486. The number of hydrogen-bond donors (Lipinski definition) is 3. The van der Waals surface area contributed by atoms with E-state index in [0.717, 1.165) is 16.8 Å². The maximum atomic E-state index is 11.8. The molecule has 2 atom stereocenters. The minimum Gasteiger partial charge on any atom is -0.481 e. The molecule has 1 aromatic carbocycles. The van der Waals surface area contributed by atoms with Crippen LogP contribution in [0.1, 0.15) is 25.0 Å². The van der Waals surface area contributed by atoms with Crippen molar-refractivity contribution in [2.24, 2.45) is 5.92 Å². The molecule has 0 spiro atoms. The maximum absolute atomic E-state index is 11.8. The SMILES string of the molecule is Cc1ccc(C)c(NC(=O)NC(C)C(C)C(=O)O)c1. The zero-order chi connectivity index (χ0) is 14.6. The fourth-order valence-corrected chi connectivity index (χ4v) is 1.57. The summed E-state index contributed by atoms with van der Waals surface area (Å²) in [6.45, 7) is 7.07. The number of carbonyl (C=O) groups is 2. The van der Waals surface area contributed by atoms with Crippen LogP contribution in [0.2, 0.25) is 0 Å². The largest absolute Gasteiger partial charge is 0.481 e. The third kappa shape index (κ3) is 4.28. The Kier molecular flexibility index (Phi) is 4.92. The molecule has 5 nitrogen and oxygen atoms in total. The molecule has 19 heavy (non-hydrogen) atoms. The smallest absolute Gasteiger partial charge is 0.319 e. The van der Waals surface area contributed by atoms with Gasteiger partial charge in [-0.25, -0.2) is 4.79 Å². The van der Waals surface area contributed by atoms with Gasteiger partial charge in [0.15, 0.2) is 0 Å². The van der Waals surface area contributed by atoms with Crippen molar-refractivity contribution in [1.29, 1.82) is 0 Å². The Balaban J connectivity index is 2.65. The molecular weight excluding hydrogens is 244 g/mol. The highest BCUT2D eigenvalue weighted by Gasteiger charge is 2.21. The number of benzene rings is 1. The molecule has 0 saturated carbocycles. The zero-order valence-electron chi connectivity index (χ0n) is 11.7. The van der Waals surface area contributed by atoms with E-state index in [1.54, 1.807) is 13.8 Å². The predicted molar refractivity (Wildman–Crippen MR) is 74.3 cm³/mol. The van der Waals surface area contributed by atoms with Crippen molar-refractivity contribution in [2.45, 2.75) is 33.7 Å². The van der Waals surface area contributed by atoms with Gasteiger partial charge in [0.1, 0.15) is 0 Å². The van der Waals surface area contributed by atoms with Crippen molar-refractivity contribution in [3.8, 4) is 0 Å². The Labute approximate surface area is 113 Å². The minimum atomic E-state index is -0.931. The molecule has 1 rings (SSSR count). The number of nitrogens with one attached hydrogen (secondary N) is 2. The lowest BCUT2D eigenvalue weighted by Gasteiger charge is -2.18. The summed E-state index contributed by atoms with van der Waals surface area (Å²) >= 11 is 0. The van der Waals surface area contributed by atoms with Gasteiger partial charge in [0.25, 0.3) is 0 Å². The number of amides is 2. The van der Waals surface area contributed by atoms with Crippen molar-refractivity contribution in [3.63, 3.8) is 0 Å². The summed E-state index contributed by atoms with van der Waals surface area (Å²) in [4.78, 5) is 22.6. The fourth-order valence-electron chi connectivity index (χ4n) is 1.57. The number of carbonyl (C=O) groups excluding carboxylic acids is 1. The maximum Gasteiger partial charge on any atom is 0.319 e. The second-order valence-corrected chi connectivity index (χ2v) is 4.83. The zero-order valence-corrected chi connectivity index (χ0v) is 11.7. The first-order valence-corrected chi connectivity index (χ1v) is 6.19. The van der Waals surface area contributed by atoms with Crippen molar-refractivity contribution in [1.82, 2.24) is 5.32 Å². The van der Waals surface area contributed by atoms with E-state index in [-0.39, 0.29) is 0 Å². The molecule has 0 saturated heterocycles. The fraction of sp³-hybridized carbons (Fsp3) is 0.429. The molecule has 5 heteroatoms. The third-order valence-electron chi connectivity index (χ3n) is 3.14. The molecule has 0 aromatic heterocycles. The first-order valence-electron chi connectivity index (χ1n) is 6.19. The van der Waals surface area contributed by atoms with Gasteiger partial charge in [-0.15, -0.1) is 0 Å². The first-order chi connectivity index (χ1) is 8.81. The van der Waals surface area contributed by atoms with E-state index in [4.69, 9.17) is 5.11 Å². The first kappa shape index (κ1) is 15.0. The topological polar surface area (TPSA) is 78.4 Å². The number of carboxylic acid groups (broad SMARTS) is 1. The van der Waals surface area contributed by atoms with Crippen LogP contribution in [0, 0.1) is 19.8 Å². The van der Waals surface area contributed by atoms with Crippen molar-refractivity contribution in [3.05, 3.63) is 29.3 Å². The summed E-state index contributed by atoms with van der Waals surface area (Å²) in [7, 11) is 0. The van der Waals surface area contributed by atoms with Crippen LogP contribution in [-0.4, -0.2) is 23.1 Å². The Morgan fingerprint density at radius 3 is 2.42 bits per heavy atom. The van der Waals surface area contributed by atoms with Crippen LogP contribution in [-0.2, 0) is 4.79 Å². The summed E-state index contributed by atoms with van der Waals surface area (Å²) in [5, 5.41) is 14.2. The van der Waals surface area contributed by atoms with Crippen LogP contribution >= 0.6 is 0 Å². The summed E-state index contributed by atoms with van der Waals surface area (Å²) in [6, 6.07) is 4.93. The molecule has 2 amide bonds. The standard InChI is InChI=1S/C14H20N2O3/c1-8-5-6-9(2)12(7-8)16-14(19)15-11(4)10(3)13(17)18/h5-7,10-11H,1-4H3,(H,17,18)(H2,15,16,19). The Hall–Kier alpha value is -2.04. The number of rotatable bonds is 4. The Morgan fingerprint density at radius 1 is 1.21 bits per heavy atom. The molecule has 0 fully saturated rings. The molecule has 1 aromatic rings. The van der Waals surface area contributed by atoms with Gasteiger partial charge in [-0.05, 0) is 44.9 Å². The van der Waals surface area contributed by atoms with Gasteiger partial charge in [0, 0.05) is 11.7 Å². The number of carboxylic acids is 1. The summed E-state index contributed by atoms with van der Waals surface area (Å²) in [5.74, 6) is -1.57. The molecule has 0 bridgehead atoms. The molecule has 3 N–H and O–H groups in total. The van der Waals surface area contributed by atoms with Gasteiger partial charge in [-0.3, -0.25) is 4.79 Å². The summed E-state index contributed by atoms with van der Waals surface area (Å²) in [5.41, 5.74) is 2.74. The second kappa shape index (κ2) is 6.22. The number of aryl methyl sites for hydroxylation is 2. The lowest BCUT2D eigenvalue weighted by atomic mass is 10.0. The molecule has 0 aliphatic carbocycles. The average Bonchev–Trinajstić information content (AvgIpc) is 2.32. The molecule has 0 aliphatic rings. The highest BCUT2D eigenvalue weighted by molar-refractivity contribution is 5.90. The van der Waals surface area contributed by atoms with E-state index in [9.17, 15) is 9.59 Å². The van der Waals surface area contributed by atoms with Crippen molar-refractivity contribution >= 4 is 17.7 Å². The molecule has 2 unspecified atom stereocenters. The lowest BCUT2D eigenvalue weighted by Crippen LogP contribution is -2.42. The number of hydrogen-bond acceptors (Lipinski definition) is 2. The van der Waals surface area contributed by atoms with Crippen LogP contribution in [0.5, 0.6) is 0 Å². The van der Waals surface area contributed by atoms with Gasteiger partial charge in [-0.2, -0.15) is 0 Å². The van der Waals surface area contributed by atoms with Gasteiger partial charge in [0.05, 0.1) is 5.92 Å². The van der Waals surface area contributed by atoms with Gasteiger partial charge < -0.3 is 15.7 Å². The van der Waals surface area contributed by atoms with Crippen LogP contribution in [0.4, 0.5) is 10.5 Å². The Morgan fingerprint density at radius 2 is 1.84 bits per heavy atom. The van der Waals surface area contributed by atoms with Gasteiger partial charge >= 0.3 is 12.0 Å². The molecule has 0 aliphatic heterocycles. The lowest BCUT2D eigenvalue weighted by molar-refractivity contribution is -0.141. The number of anilines is 1. The molecule has 0 radical (unpaired) electrons. The second-order valence-electron chi connectivity index (χ2n) is 4.83. The normalized spacial score (nSPS) is 13.5. The monoisotopic (exact) mass is 264 g/mol. The minimum absolute atomic E-state index is 0.394. The van der Waals surface area contributed by atoms with Crippen LogP contribution in [0.3, 0.4) is 0 Å². The number of aliphatic carboxylic acids is 1. The van der Waals surface area contributed by atoms with Crippen LogP contribution in [0.25, 0.3) is 0 Å². The predicted octanol–water partition coefficient (Wildman–Crippen LogP) is 2.53. The summed E-state index contributed by atoms with van der Waals surface area (Å²) < 4.78 is 0. The van der Waals surface area contributed by atoms with E-state index in [1.165, 1.54) is 0 Å². The van der Waals surface area contributed by atoms with E-state index in [2.05, 4.69) is 10.6 Å². The van der Waals surface area contributed by atoms with Crippen molar-refractivity contribution in [2.75, 3.05) is 5.32 Å². The van der Waals surface area contributed by atoms with Gasteiger partial charge in [-0.1, -0.05) is 12.1 Å². The molecule has 0 heterocycles. The van der Waals surface area contributed by atoms with E-state index < -0.39 is 24.0 Å². The van der Waals surface area contributed by atoms with Crippen molar-refractivity contribution < 1.29 is 14.7 Å². The molecular formula is C14H20N2O3. The average molecular weight is 264 g/mol. The summed E-state index contributed by atoms with van der Waals surface area (Å²) in [6.07, 6.45) is 0. The quantitative estimate of drug-likeness (QED) is 0.782. The third-order valence-corrected chi connectivity index (χ3v) is 3.14. The highest BCUT2D eigenvalue weighted by Crippen LogP contribution is 2.16. The van der Waals surface area contributed by atoms with E-state index >= 15 is 0 Å². The van der Waals surface area contributed by atoms with E-state index in [0.29, 0.717) is 0 Å². The van der Waals surface area contributed by atoms with Crippen LogP contribution < -0.4 is 10.6 Å². The van der Waals surface area contributed by atoms with E-state index in [1.807, 2.05) is 32.0 Å². The molecule has 104 valence electrons.